The van der Waals surface area contributed by atoms with Crippen molar-refractivity contribution < 1.29 is 8.98 Å². The third kappa shape index (κ3) is 2.54. The highest BCUT2D eigenvalue weighted by Gasteiger charge is 2.34. The van der Waals surface area contributed by atoms with E-state index in [1.54, 1.807) is 0 Å². The van der Waals surface area contributed by atoms with Gasteiger partial charge in [0.2, 0.25) is 0 Å². The Bertz CT molecular complexity index is 1470. The van der Waals surface area contributed by atoms with Crippen molar-refractivity contribution in [2.75, 3.05) is 0 Å². The predicted octanol–water partition coefficient (Wildman–Crippen LogP) is 6.33. The number of hydrogen-bond acceptors (Lipinski definition) is 2. The second-order valence-electron chi connectivity index (χ2n) is 9.12. The smallest absolute Gasteiger partial charge is 0.294 e. The standard InChI is InChI=1S/C27H26N3O/c1-16(2)22-25(30-14-13-29-15-18-9-5-6-10-19(18)27(29)30)23(17(3)4)28-24-20-11-7-8-12-21(20)31-26(22)24/h5-14,16-17H,15H2,1-4H3/q+1. The molecule has 4 heteroatoms. The van der Waals surface area contributed by atoms with Gasteiger partial charge in [-0.1, -0.05) is 58.0 Å². The van der Waals surface area contributed by atoms with Crippen molar-refractivity contribution in [1.82, 2.24) is 9.55 Å². The zero-order chi connectivity index (χ0) is 21.3. The fraction of sp³-hybridized carbons (Fsp3) is 0.259. The van der Waals surface area contributed by atoms with Crippen molar-refractivity contribution in [1.29, 1.82) is 0 Å². The van der Waals surface area contributed by atoms with Crippen LogP contribution in [0.4, 0.5) is 0 Å². The number of para-hydroxylation sites is 1. The van der Waals surface area contributed by atoms with Gasteiger partial charge in [-0.2, -0.15) is 4.57 Å². The van der Waals surface area contributed by atoms with Crippen molar-refractivity contribution >= 4 is 22.1 Å². The molecule has 0 radical (unpaired) electrons. The first kappa shape index (κ1) is 18.4. The molecular formula is C27H26N3O+. The van der Waals surface area contributed by atoms with Gasteiger partial charge in [0.25, 0.3) is 5.82 Å². The van der Waals surface area contributed by atoms with Crippen LogP contribution in [0.3, 0.4) is 0 Å². The second-order valence-corrected chi connectivity index (χ2v) is 9.12. The van der Waals surface area contributed by atoms with Gasteiger partial charge >= 0.3 is 0 Å². The van der Waals surface area contributed by atoms with Crippen LogP contribution in [0.2, 0.25) is 0 Å². The van der Waals surface area contributed by atoms with Crippen LogP contribution < -0.4 is 4.57 Å². The lowest BCUT2D eigenvalue weighted by Gasteiger charge is -2.17. The summed E-state index contributed by atoms with van der Waals surface area (Å²) in [6, 6.07) is 16.9. The van der Waals surface area contributed by atoms with E-state index < -0.39 is 0 Å². The SMILES string of the molecule is CC(C)c1nc2c(oc3ccccc32)c(C(C)C)c1-n1cc[n+]2c1-c1ccccc1C2. The zero-order valence-corrected chi connectivity index (χ0v) is 18.4. The van der Waals surface area contributed by atoms with E-state index in [2.05, 4.69) is 85.6 Å². The van der Waals surface area contributed by atoms with Crippen LogP contribution in [0.1, 0.15) is 56.4 Å². The van der Waals surface area contributed by atoms with E-state index >= 15 is 0 Å². The molecule has 0 spiro atoms. The van der Waals surface area contributed by atoms with Gasteiger partial charge in [0.05, 0.1) is 11.3 Å². The van der Waals surface area contributed by atoms with Crippen LogP contribution >= 0.6 is 0 Å². The number of furan rings is 1. The summed E-state index contributed by atoms with van der Waals surface area (Å²) in [4.78, 5) is 5.22. The summed E-state index contributed by atoms with van der Waals surface area (Å²) in [5, 5.41) is 1.09. The van der Waals surface area contributed by atoms with E-state index in [0.29, 0.717) is 5.92 Å². The Balaban J connectivity index is 1.75. The first-order chi connectivity index (χ1) is 15.0. The maximum atomic E-state index is 6.42. The highest BCUT2D eigenvalue weighted by molar-refractivity contribution is 6.04. The minimum Gasteiger partial charge on any atom is -0.454 e. The van der Waals surface area contributed by atoms with E-state index in [0.717, 1.165) is 34.3 Å². The molecule has 1 aliphatic heterocycles. The Labute approximate surface area is 181 Å². The van der Waals surface area contributed by atoms with Gasteiger partial charge < -0.3 is 4.42 Å². The first-order valence-electron chi connectivity index (χ1n) is 11.1. The lowest BCUT2D eigenvalue weighted by molar-refractivity contribution is -0.671. The molecule has 5 aromatic rings. The highest BCUT2D eigenvalue weighted by Crippen LogP contribution is 2.41. The van der Waals surface area contributed by atoms with Gasteiger partial charge in [0.1, 0.15) is 30.0 Å². The molecule has 154 valence electrons. The third-order valence-corrected chi connectivity index (χ3v) is 6.40. The molecule has 3 aromatic heterocycles. The van der Waals surface area contributed by atoms with E-state index in [9.17, 15) is 0 Å². The minimum absolute atomic E-state index is 0.283. The van der Waals surface area contributed by atoms with E-state index in [1.165, 1.54) is 28.2 Å². The number of benzene rings is 2. The lowest BCUT2D eigenvalue weighted by Crippen LogP contribution is -2.30. The number of hydrogen-bond donors (Lipinski definition) is 0. The van der Waals surface area contributed by atoms with Crippen molar-refractivity contribution in [2.24, 2.45) is 0 Å². The van der Waals surface area contributed by atoms with Crippen LogP contribution in [-0.2, 0) is 6.54 Å². The normalized spacial score (nSPS) is 13.0. The fourth-order valence-electron chi connectivity index (χ4n) is 5.01. The van der Waals surface area contributed by atoms with Gasteiger partial charge in [0.15, 0.2) is 11.3 Å². The van der Waals surface area contributed by atoms with Gasteiger partial charge in [-0.05, 0) is 30.0 Å². The van der Waals surface area contributed by atoms with Crippen LogP contribution in [0, 0.1) is 0 Å². The van der Waals surface area contributed by atoms with Gasteiger partial charge in [0, 0.05) is 16.5 Å². The summed E-state index contributed by atoms with van der Waals surface area (Å²) in [5.41, 5.74) is 8.96. The fourth-order valence-corrected chi connectivity index (χ4v) is 5.01. The molecule has 0 fully saturated rings. The van der Waals surface area contributed by atoms with E-state index in [-0.39, 0.29) is 5.92 Å². The Hall–Kier alpha value is -3.40. The van der Waals surface area contributed by atoms with Crippen molar-refractivity contribution in [3.63, 3.8) is 0 Å². The van der Waals surface area contributed by atoms with E-state index in [4.69, 9.17) is 9.40 Å². The Morgan fingerprint density at radius 3 is 2.55 bits per heavy atom. The third-order valence-electron chi connectivity index (χ3n) is 6.40. The maximum Gasteiger partial charge on any atom is 0.294 e. The average Bonchev–Trinajstić information content (AvgIpc) is 3.43. The molecule has 4 nitrogen and oxygen atoms in total. The molecule has 0 unspecified atom stereocenters. The van der Waals surface area contributed by atoms with Gasteiger partial charge in [-0.3, -0.25) is 0 Å². The van der Waals surface area contributed by atoms with E-state index in [1.807, 2.05) is 12.1 Å². The zero-order valence-electron chi connectivity index (χ0n) is 18.4. The predicted molar refractivity (Wildman–Crippen MR) is 124 cm³/mol. The molecule has 0 saturated heterocycles. The molecular weight excluding hydrogens is 382 g/mol. The van der Waals surface area contributed by atoms with Crippen LogP contribution in [0.15, 0.2) is 65.3 Å². The largest absolute Gasteiger partial charge is 0.454 e. The number of rotatable bonds is 3. The molecule has 31 heavy (non-hydrogen) atoms. The molecule has 0 aliphatic carbocycles. The van der Waals surface area contributed by atoms with Crippen LogP contribution in [0.25, 0.3) is 39.1 Å². The summed E-state index contributed by atoms with van der Waals surface area (Å²) in [5.74, 6) is 1.79. The van der Waals surface area contributed by atoms with Gasteiger partial charge in [-0.25, -0.2) is 9.55 Å². The van der Waals surface area contributed by atoms with Crippen molar-refractivity contribution in [3.8, 4) is 17.1 Å². The summed E-state index contributed by atoms with van der Waals surface area (Å²) >= 11 is 0. The molecule has 6 rings (SSSR count). The maximum absolute atomic E-state index is 6.42. The molecule has 0 N–H and O–H groups in total. The molecule has 0 saturated carbocycles. The Morgan fingerprint density at radius 1 is 0.968 bits per heavy atom. The Kier molecular flexibility index (Phi) is 3.88. The molecule has 2 aromatic carbocycles. The molecule has 0 atom stereocenters. The quantitative estimate of drug-likeness (QED) is 0.321. The number of aromatic nitrogens is 3. The van der Waals surface area contributed by atoms with Crippen molar-refractivity contribution in [3.05, 3.63) is 77.7 Å². The Morgan fingerprint density at radius 2 is 1.74 bits per heavy atom. The number of pyridine rings is 1. The molecule has 1 aliphatic rings. The second kappa shape index (κ2) is 6.55. The summed E-state index contributed by atoms with van der Waals surface area (Å²) in [6.45, 7) is 9.87. The number of nitrogens with zero attached hydrogens (tertiary/aromatic N) is 3. The lowest BCUT2D eigenvalue weighted by atomic mass is 9.95. The van der Waals surface area contributed by atoms with Gasteiger partial charge in [-0.15, -0.1) is 0 Å². The minimum atomic E-state index is 0.283. The monoisotopic (exact) mass is 408 g/mol. The van der Waals surface area contributed by atoms with Crippen LogP contribution in [0.5, 0.6) is 0 Å². The first-order valence-corrected chi connectivity index (χ1v) is 11.1. The number of fused-ring (bicyclic) bond motifs is 6. The average molecular weight is 409 g/mol. The summed E-state index contributed by atoms with van der Waals surface area (Å²) in [6.07, 6.45) is 4.38. The highest BCUT2D eigenvalue weighted by atomic mass is 16.3. The molecule has 4 heterocycles. The number of imidazole rings is 1. The summed E-state index contributed by atoms with van der Waals surface area (Å²) in [7, 11) is 0. The van der Waals surface area contributed by atoms with Crippen molar-refractivity contribution in [2.45, 2.75) is 46.1 Å². The molecule has 0 bridgehead atoms. The topological polar surface area (TPSA) is 34.8 Å². The van der Waals surface area contributed by atoms with Crippen LogP contribution in [-0.4, -0.2) is 9.55 Å². The molecule has 0 amide bonds. The summed E-state index contributed by atoms with van der Waals surface area (Å²) < 4.78 is 11.1.